The molecule has 2 amide bonds. The van der Waals surface area contributed by atoms with Crippen LogP contribution < -0.4 is 15.4 Å². The van der Waals surface area contributed by atoms with E-state index in [0.717, 1.165) is 17.8 Å². The van der Waals surface area contributed by atoms with Gasteiger partial charge in [0.1, 0.15) is 17.3 Å². The zero-order chi connectivity index (χ0) is 22.5. The van der Waals surface area contributed by atoms with E-state index in [4.69, 9.17) is 20.7 Å². The minimum Gasteiger partial charge on any atom is -0.457 e. The molecule has 0 aliphatic carbocycles. The number of hydrogen-bond donors (Lipinski definition) is 1. The van der Waals surface area contributed by atoms with Gasteiger partial charge in [0.05, 0.1) is 22.9 Å². The lowest BCUT2D eigenvalue weighted by Crippen LogP contribution is -2.46. The number of ether oxygens (including phenoxy) is 1. The van der Waals surface area contributed by atoms with Crippen LogP contribution in [-0.4, -0.2) is 48.4 Å². The number of nitriles is 1. The summed E-state index contributed by atoms with van der Waals surface area (Å²) in [6, 6.07) is 19.6. The smallest absolute Gasteiger partial charge is 0.250 e. The van der Waals surface area contributed by atoms with Crippen LogP contribution in [0.5, 0.6) is 11.5 Å². The number of nitrogens with two attached hydrogens (primary N) is 1. The van der Waals surface area contributed by atoms with Crippen LogP contribution in [0.25, 0.3) is 11.3 Å². The third-order valence-corrected chi connectivity index (χ3v) is 5.28. The largest absolute Gasteiger partial charge is 0.457 e. The molecule has 8 heteroatoms. The summed E-state index contributed by atoms with van der Waals surface area (Å²) in [5, 5.41) is 8.90. The van der Waals surface area contributed by atoms with Crippen molar-refractivity contribution in [3.8, 4) is 28.8 Å². The lowest BCUT2D eigenvalue weighted by atomic mass is 10.0. The zero-order valence-electron chi connectivity index (χ0n) is 17.3. The number of hydrogen-bond acceptors (Lipinski definition) is 6. The summed E-state index contributed by atoms with van der Waals surface area (Å²) in [5.74, 6) is 1.40. The lowest BCUT2D eigenvalue weighted by molar-refractivity contribution is -0.118. The highest BCUT2D eigenvalue weighted by molar-refractivity contribution is 5.99. The van der Waals surface area contributed by atoms with Crippen molar-refractivity contribution in [2.45, 2.75) is 0 Å². The van der Waals surface area contributed by atoms with Gasteiger partial charge in [0.15, 0.2) is 0 Å². The molecule has 0 unspecified atom stereocenters. The number of aromatic nitrogens is 1. The Morgan fingerprint density at radius 2 is 1.59 bits per heavy atom. The van der Waals surface area contributed by atoms with E-state index in [1.54, 1.807) is 53.4 Å². The highest BCUT2D eigenvalue weighted by atomic mass is 16.5. The molecular formula is C24H21N5O3. The fourth-order valence-electron chi connectivity index (χ4n) is 3.51. The van der Waals surface area contributed by atoms with Crippen LogP contribution in [0.15, 0.2) is 60.7 Å². The summed E-state index contributed by atoms with van der Waals surface area (Å²) in [7, 11) is 0. The van der Waals surface area contributed by atoms with Crippen molar-refractivity contribution >= 4 is 18.1 Å². The van der Waals surface area contributed by atoms with Gasteiger partial charge in [-0.2, -0.15) is 5.26 Å². The van der Waals surface area contributed by atoms with E-state index in [1.165, 1.54) is 0 Å². The van der Waals surface area contributed by atoms with Crippen LogP contribution in [-0.2, 0) is 4.79 Å². The van der Waals surface area contributed by atoms with Crippen LogP contribution in [0, 0.1) is 11.3 Å². The number of amides is 2. The molecule has 1 aliphatic rings. The molecule has 160 valence electrons. The number of piperazine rings is 1. The Morgan fingerprint density at radius 3 is 2.16 bits per heavy atom. The Kier molecular flexibility index (Phi) is 5.99. The van der Waals surface area contributed by atoms with Gasteiger partial charge in [-0.1, -0.05) is 0 Å². The Morgan fingerprint density at radius 1 is 0.969 bits per heavy atom. The second kappa shape index (κ2) is 9.18. The molecule has 1 saturated heterocycles. The average molecular weight is 427 g/mol. The molecule has 2 aromatic carbocycles. The third kappa shape index (κ3) is 4.52. The molecule has 0 radical (unpaired) electrons. The van der Waals surface area contributed by atoms with Gasteiger partial charge in [0.25, 0.3) is 5.91 Å². The van der Waals surface area contributed by atoms with Gasteiger partial charge in [-0.3, -0.25) is 9.59 Å². The Labute approximate surface area is 185 Å². The average Bonchev–Trinajstić information content (AvgIpc) is 2.84. The van der Waals surface area contributed by atoms with Crippen LogP contribution >= 0.6 is 0 Å². The first-order chi connectivity index (χ1) is 15.6. The highest BCUT2D eigenvalue weighted by Gasteiger charge is 2.19. The predicted octanol–water partition coefficient (Wildman–Crippen LogP) is 2.79. The van der Waals surface area contributed by atoms with Gasteiger partial charge in [-0.15, -0.1) is 0 Å². The molecule has 0 saturated carbocycles. The molecule has 0 atom stereocenters. The fourth-order valence-corrected chi connectivity index (χ4v) is 3.51. The van der Waals surface area contributed by atoms with E-state index in [2.05, 4.69) is 11.0 Å². The molecule has 1 fully saturated rings. The Hall–Kier alpha value is -4.38. The number of nitrogens with zero attached hydrogens (tertiary/aromatic N) is 4. The third-order valence-electron chi connectivity index (χ3n) is 5.28. The van der Waals surface area contributed by atoms with Crippen molar-refractivity contribution < 1.29 is 14.3 Å². The van der Waals surface area contributed by atoms with Crippen LogP contribution in [0.3, 0.4) is 0 Å². The van der Waals surface area contributed by atoms with Crippen LogP contribution in [0.2, 0.25) is 0 Å². The maximum Gasteiger partial charge on any atom is 0.250 e. The van der Waals surface area contributed by atoms with Gasteiger partial charge in [0.2, 0.25) is 6.41 Å². The van der Waals surface area contributed by atoms with E-state index in [9.17, 15) is 9.59 Å². The van der Waals surface area contributed by atoms with Gasteiger partial charge in [-0.25, -0.2) is 4.98 Å². The fraction of sp³-hybridized carbons (Fsp3) is 0.167. The van der Waals surface area contributed by atoms with E-state index < -0.39 is 5.91 Å². The molecule has 4 rings (SSSR count). The summed E-state index contributed by atoms with van der Waals surface area (Å²) in [6.45, 7) is 2.58. The lowest BCUT2D eigenvalue weighted by Gasteiger charge is -2.33. The molecule has 8 nitrogen and oxygen atoms in total. The predicted molar refractivity (Wildman–Crippen MR) is 119 cm³/mol. The van der Waals surface area contributed by atoms with Crippen LogP contribution in [0.4, 0.5) is 5.82 Å². The molecule has 1 aromatic heterocycles. The maximum absolute atomic E-state index is 12.0. The Balaban J connectivity index is 1.57. The first-order valence-corrected chi connectivity index (χ1v) is 10.1. The van der Waals surface area contributed by atoms with Gasteiger partial charge in [-0.05, 0) is 60.7 Å². The molecule has 2 heterocycles. The van der Waals surface area contributed by atoms with Crippen molar-refractivity contribution in [3.05, 3.63) is 71.8 Å². The first-order valence-electron chi connectivity index (χ1n) is 10.1. The quantitative estimate of drug-likeness (QED) is 0.606. The summed E-state index contributed by atoms with van der Waals surface area (Å²) in [4.78, 5) is 31.5. The van der Waals surface area contributed by atoms with Crippen molar-refractivity contribution in [3.63, 3.8) is 0 Å². The highest BCUT2D eigenvalue weighted by Crippen LogP contribution is 2.29. The van der Waals surface area contributed by atoms with Crippen LogP contribution in [0.1, 0.15) is 15.9 Å². The number of anilines is 1. The number of primary amides is 1. The second-order valence-electron chi connectivity index (χ2n) is 7.32. The molecule has 3 aromatic rings. The molecule has 32 heavy (non-hydrogen) atoms. The van der Waals surface area contributed by atoms with Crippen molar-refractivity contribution in [2.75, 3.05) is 31.1 Å². The summed E-state index contributed by atoms with van der Waals surface area (Å²) >= 11 is 0. The monoisotopic (exact) mass is 427 g/mol. The number of carbonyl (C=O) groups is 2. The number of pyridine rings is 1. The van der Waals surface area contributed by atoms with Gasteiger partial charge < -0.3 is 20.3 Å². The van der Waals surface area contributed by atoms with Crippen molar-refractivity contribution in [1.82, 2.24) is 9.88 Å². The number of benzene rings is 2. The molecule has 0 spiro atoms. The number of rotatable bonds is 6. The maximum atomic E-state index is 12.0. The normalized spacial score (nSPS) is 13.3. The molecule has 0 bridgehead atoms. The summed E-state index contributed by atoms with van der Waals surface area (Å²) in [6.07, 6.45) is 0.855. The van der Waals surface area contributed by atoms with Gasteiger partial charge >= 0.3 is 0 Å². The first kappa shape index (κ1) is 20.9. The molecule has 2 N–H and O–H groups in total. The summed E-state index contributed by atoms with van der Waals surface area (Å²) < 4.78 is 5.82. The topological polar surface area (TPSA) is 113 Å². The Bertz CT molecular complexity index is 1160. The van der Waals surface area contributed by atoms with E-state index in [1.807, 2.05) is 12.1 Å². The summed E-state index contributed by atoms with van der Waals surface area (Å²) in [5.41, 5.74) is 7.71. The minimum absolute atomic E-state index is 0.334. The van der Waals surface area contributed by atoms with Gasteiger partial charge in [0, 0.05) is 31.7 Å². The standard InChI is InChI=1S/C24H21N5O3/c25-15-17-1-5-19(6-2-17)32-20-7-3-18(4-8-20)23-21(24(26)31)9-10-22(27-23)29-13-11-28(16-30)12-14-29/h1-10,16H,11-14H2,(H2,26,31). The number of carbonyl (C=O) groups excluding carboxylic acids is 2. The van der Waals surface area contributed by atoms with Crippen molar-refractivity contribution in [2.24, 2.45) is 5.73 Å². The van der Waals surface area contributed by atoms with E-state index in [0.29, 0.717) is 54.5 Å². The van der Waals surface area contributed by atoms with Crippen molar-refractivity contribution in [1.29, 1.82) is 5.26 Å². The zero-order valence-corrected chi connectivity index (χ0v) is 17.3. The van der Waals surface area contributed by atoms with E-state index >= 15 is 0 Å². The SMILES string of the molecule is N#Cc1ccc(Oc2ccc(-c3nc(N4CCN(C=O)CC4)ccc3C(N)=O)cc2)cc1. The molecule has 1 aliphatic heterocycles. The molecular weight excluding hydrogens is 406 g/mol. The van der Waals surface area contributed by atoms with E-state index in [-0.39, 0.29) is 0 Å². The minimum atomic E-state index is -0.553. The second-order valence-corrected chi connectivity index (χ2v) is 7.32.